The highest BCUT2D eigenvalue weighted by molar-refractivity contribution is 8.06. The first-order chi connectivity index (χ1) is 3.73. The largest absolute Gasteiger partial charge is 0.325 e. The summed E-state index contributed by atoms with van der Waals surface area (Å²) in [6.45, 7) is 3.69. The van der Waals surface area contributed by atoms with Crippen LogP contribution in [0.4, 0.5) is 0 Å². The molecule has 0 fully saturated rings. The lowest BCUT2D eigenvalue weighted by atomic mass is 10.4. The summed E-state index contributed by atoms with van der Waals surface area (Å²) >= 11 is 3.60. The molecule has 3 N–H and O–H groups in total. The van der Waals surface area contributed by atoms with Crippen LogP contribution in [0.15, 0.2) is 12.2 Å². The molecule has 0 aliphatic heterocycles. The Bertz CT molecular complexity index is 116. The molecule has 0 saturated heterocycles. The first-order valence-corrected chi connectivity index (χ1v) is 4.80. The third-order valence-electron chi connectivity index (χ3n) is 0. The van der Waals surface area contributed by atoms with E-state index >= 15 is 0 Å². The molecule has 0 aliphatic carbocycles. The minimum atomic E-state index is -3.81. The van der Waals surface area contributed by atoms with Gasteiger partial charge in [0.05, 0.1) is 0 Å². The van der Waals surface area contributed by atoms with Crippen LogP contribution in [0, 0.1) is 0 Å². The van der Waals surface area contributed by atoms with E-state index in [0.29, 0.717) is 0 Å². The lowest BCUT2D eigenvalue weighted by Crippen LogP contribution is -1.65. The maximum atomic E-state index is 7.56. The Morgan fingerprint density at radius 3 is 1.33 bits per heavy atom. The van der Waals surface area contributed by atoms with Crippen molar-refractivity contribution in [2.45, 2.75) is 13.8 Å². The minimum absolute atomic E-state index is 1.17. The summed E-state index contributed by atoms with van der Waals surface area (Å²) in [5.74, 6) is 0. The van der Waals surface area contributed by atoms with Crippen LogP contribution in [0.5, 0.6) is 0 Å². The van der Waals surface area contributed by atoms with Crippen molar-refractivity contribution in [2.24, 2.45) is 0 Å². The summed E-state index contributed by atoms with van der Waals surface area (Å²) < 4.78 is 0. The second-order valence-electron chi connectivity index (χ2n) is 1.72. The first-order valence-electron chi connectivity index (χ1n) is 2.14. The third kappa shape index (κ3) is 4460. The van der Waals surface area contributed by atoms with Crippen molar-refractivity contribution in [3.05, 3.63) is 12.2 Å². The van der Waals surface area contributed by atoms with E-state index in [1.807, 2.05) is 13.8 Å². The molecule has 0 aromatic carbocycles. The lowest BCUT2D eigenvalue weighted by molar-refractivity contribution is 0.363. The van der Waals surface area contributed by atoms with Gasteiger partial charge in [-0.2, -0.15) is 0 Å². The van der Waals surface area contributed by atoms with E-state index in [9.17, 15) is 0 Å². The first kappa shape index (κ1) is 12.0. The molecule has 3 nitrogen and oxygen atoms in total. The Morgan fingerprint density at radius 1 is 1.33 bits per heavy atom. The van der Waals surface area contributed by atoms with Gasteiger partial charge in [0.25, 0.3) is 0 Å². The Kier molecular flexibility index (Phi) is 6.78. The molecule has 0 radical (unpaired) electrons. The molecular formula is C4H11O3PS. The van der Waals surface area contributed by atoms with E-state index < -0.39 is 6.72 Å². The molecule has 9 heavy (non-hydrogen) atoms. The molecule has 0 bridgehead atoms. The molecule has 0 atom stereocenters. The van der Waals surface area contributed by atoms with E-state index in [1.54, 1.807) is 0 Å². The van der Waals surface area contributed by atoms with Gasteiger partial charge in [-0.1, -0.05) is 5.57 Å². The van der Waals surface area contributed by atoms with Gasteiger partial charge < -0.3 is 14.7 Å². The molecular weight excluding hydrogens is 159 g/mol. The average molecular weight is 170 g/mol. The van der Waals surface area contributed by atoms with Crippen molar-refractivity contribution in [2.75, 3.05) is 0 Å². The van der Waals surface area contributed by atoms with Gasteiger partial charge in [0.15, 0.2) is 0 Å². The van der Waals surface area contributed by atoms with Gasteiger partial charge >= 0.3 is 6.72 Å². The van der Waals surface area contributed by atoms with Crippen LogP contribution in [0.2, 0.25) is 0 Å². The van der Waals surface area contributed by atoms with Crippen molar-refractivity contribution >= 4 is 18.5 Å². The highest BCUT2D eigenvalue weighted by Crippen LogP contribution is 2.26. The smallest absolute Gasteiger partial charge is 0.319 e. The molecule has 0 spiro atoms. The number of hydrogen-bond donors (Lipinski definition) is 3. The van der Waals surface area contributed by atoms with E-state index in [4.69, 9.17) is 14.7 Å². The summed E-state index contributed by atoms with van der Waals surface area (Å²) in [4.78, 5) is 22.7. The number of allylic oxidation sites excluding steroid dienone is 1. The Hall–Kier alpha value is 0.270. The van der Waals surface area contributed by atoms with Crippen molar-refractivity contribution in [1.82, 2.24) is 0 Å². The van der Waals surface area contributed by atoms with Crippen LogP contribution in [0.3, 0.4) is 0 Å². The van der Waals surface area contributed by atoms with E-state index in [2.05, 4.69) is 18.4 Å². The maximum absolute atomic E-state index is 7.56. The van der Waals surface area contributed by atoms with Crippen molar-refractivity contribution in [1.29, 1.82) is 0 Å². The molecule has 0 unspecified atom stereocenters. The predicted molar refractivity (Wildman–Crippen MR) is 41.4 cm³/mol. The Morgan fingerprint density at radius 2 is 1.33 bits per heavy atom. The second kappa shape index (κ2) is 5.09. The van der Waals surface area contributed by atoms with Gasteiger partial charge in [0, 0.05) is 0 Å². The van der Waals surface area contributed by atoms with Crippen LogP contribution in [-0.4, -0.2) is 14.7 Å². The summed E-state index contributed by atoms with van der Waals surface area (Å²) in [5.41, 5.74) is 1.17. The number of hydrogen-bond acceptors (Lipinski definition) is 1. The van der Waals surface area contributed by atoms with Crippen LogP contribution in [-0.2, 0) is 11.8 Å². The van der Waals surface area contributed by atoms with Crippen molar-refractivity contribution in [3.8, 4) is 0 Å². The SMILES string of the molecule is C=C(C)C.OP(O)(O)=S. The second-order valence-corrected chi connectivity index (χ2v) is 4.22. The molecule has 5 heteroatoms. The summed E-state index contributed by atoms with van der Waals surface area (Å²) in [7, 11) is 0. The molecule has 0 heterocycles. The topological polar surface area (TPSA) is 60.7 Å². The zero-order valence-electron chi connectivity index (χ0n) is 5.40. The highest BCUT2D eigenvalue weighted by atomic mass is 32.5. The maximum Gasteiger partial charge on any atom is 0.319 e. The van der Waals surface area contributed by atoms with Crippen molar-refractivity contribution in [3.63, 3.8) is 0 Å². The van der Waals surface area contributed by atoms with Crippen LogP contribution >= 0.6 is 6.72 Å². The van der Waals surface area contributed by atoms with Crippen LogP contribution in [0.1, 0.15) is 13.8 Å². The predicted octanol–water partition coefficient (Wildman–Crippen LogP) is 0.770. The average Bonchev–Trinajstić information content (AvgIpc) is 1.19. The summed E-state index contributed by atoms with van der Waals surface area (Å²) in [5, 5.41) is 0. The van der Waals surface area contributed by atoms with Crippen LogP contribution in [0.25, 0.3) is 0 Å². The van der Waals surface area contributed by atoms with Gasteiger partial charge in [-0.15, -0.1) is 6.58 Å². The standard InChI is InChI=1S/C4H8.H3O3PS/c1-4(2)3;1-4(2,3)5/h1H2,2-3H3;(H3,1,2,3,5). The van der Waals surface area contributed by atoms with Gasteiger partial charge in [-0.25, -0.2) is 0 Å². The fourth-order valence-electron chi connectivity index (χ4n) is 0. The Labute approximate surface area is 59.9 Å². The van der Waals surface area contributed by atoms with Gasteiger partial charge in [-0.05, 0) is 25.7 Å². The number of rotatable bonds is 0. The molecule has 0 saturated carbocycles. The molecule has 0 rings (SSSR count). The zero-order valence-corrected chi connectivity index (χ0v) is 7.12. The molecule has 0 aromatic heterocycles. The van der Waals surface area contributed by atoms with Crippen molar-refractivity contribution < 1.29 is 14.7 Å². The zero-order chi connectivity index (χ0) is 8.08. The molecule has 56 valence electrons. The highest BCUT2D eigenvalue weighted by Gasteiger charge is 1.92. The van der Waals surface area contributed by atoms with Gasteiger partial charge in [0.1, 0.15) is 0 Å². The molecule has 0 aromatic rings. The fourth-order valence-corrected chi connectivity index (χ4v) is 0. The van der Waals surface area contributed by atoms with Crippen LogP contribution < -0.4 is 0 Å². The van der Waals surface area contributed by atoms with E-state index in [-0.39, 0.29) is 0 Å². The fraction of sp³-hybridized carbons (Fsp3) is 0.500. The van der Waals surface area contributed by atoms with Gasteiger partial charge in [0.2, 0.25) is 0 Å². The molecule has 0 aliphatic rings. The van der Waals surface area contributed by atoms with Gasteiger partial charge in [-0.3, -0.25) is 0 Å². The minimum Gasteiger partial charge on any atom is -0.325 e. The Balaban J connectivity index is 0. The normalized spacial score (nSPS) is 9.44. The quantitative estimate of drug-likeness (QED) is 0.371. The summed E-state index contributed by atoms with van der Waals surface area (Å²) in [6, 6.07) is 0. The summed E-state index contributed by atoms with van der Waals surface area (Å²) in [6.07, 6.45) is 0. The lowest BCUT2D eigenvalue weighted by Gasteiger charge is -1.88. The molecule has 0 amide bonds. The third-order valence-corrected chi connectivity index (χ3v) is 0. The van der Waals surface area contributed by atoms with E-state index in [1.165, 1.54) is 5.57 Å². The van der Waals surface area contributed by atoms with E-state index in [0.717, 1.165) is 0 Å². The monoisotopic (exact) mass is 170 g/mol.